The van der Waals surface area contributed by atoms with E-state index in [-0.39, 0.29) is 11.7 Å². The Kier molecular flexibility index (Phi) is 7.28. The zero-order chi connectivity index (χ0) is 19.2. The van der Waals surface area contributed by atoms with Gasteiger partial charge >= 0.3 is 0 Å². The summed E-state index contributed by atoms with van der Waals surface area (Å²) >= 11 is 0. The van der Waals surface area contributed by atoms with Gasteiger partial charge in [-0.1, -0.05) is 12.8 Å². The molecule has 1 saturated heterocycles. The highest BCUT2D eigenvalue weighted by atomic mass is 32.2. The van der Waals surface area contributed by atoms with Gasteiger partial charge in [0.05, 0.1) is 17.7 Å². The van der Waals surface area contributed by atoms with Crippen molar-refractivity contribution in [3.63, 3.8) is 0 Å². The number of rotatable bonds is 7. The van der Waals surface area contributed by atoms with Crippen molar-refractivity contribution < 1.29 is 13.2 Å². The van der Waals surface area contributed by atoms with Crippen LogP contribution in [0, 0.1) is 5.41 Å². The number of carbonyl (C=O) groups is 1. The van der Waals surface area contributed by atoms with Gasteiger partial charge in [0.15, 0.2) is 5.96 Å². The molecular weight excluding hydrogens is 354 g/mol. The molecule has 2 N–H and O–H groups in total. The normalized spacial score (nSPS) is 22.3. The number of hydrogen-bond donors (Lipinski definition) is 2. The molecule has 2 fully saturated rings. The Hall–Kier alpha value is -1.35. The second-order valence-electron chi connectivity index (χ2n) is 7.38. The second kappa shape index (κ2) is 9.03. The molecule has 26 heavy (non-hydrogen) atoms. The van der Waals surface area contributed by atoms with Crippen LogP contribution in [0.15, 0.2) is 4.99 Å². The minimum absolute atomic E-state index is 0.151. The van der Waals surface area contributed by atoms with Gasteiger partial charge in [0.1, 0.15) is 0 Å². The molecule has 1 aliphatic carbocycles. The summed E-state index contributed by atoms with van der Waals surface area (Å²) in [6.45, 7) is 4.69. The van der Waals surface area contributed by atoms with Crippen LogP contribution >= 0.6 is 0 Å². The molecule has 8 nitrogen and oxygen atoms in total. The summed E-state index contributed by atoms with van der Waals surface area (Å²) in [6.07, 6.45) is 4.57. The van der Waals surface area contributed by atoms with Crippen molar-refractivity contribution in [1.82, 2.24) is 19.8 Å². The van der Waals surface area contributed by atoms with Crippen LogP contribution < -0.4 is 10.6 Å². The van der Waals surface area contributed by atoms with Crippen LogP contribution in [-0.4, -0.2) is 82.1 Å². The highest BCUT2D eigenvalue weighted by molar-refractivity contribution is 7.89. The van der Waals surface area contributed by atoms with Crippen molar-refractivity contribution >= 4 is 21.9 Å². The van der Waals surface area contributed by atoms with E-state index in [0.29, 0.717) is 45.1 Å². The fourth-order valence-corrected chi connectivity index (χ4v) is 5.31. The molecule has 0 radical (unpaired) electrons. The number of amides is 1. The first-order valence-corrected chi connectivity index (χ1v) is 11.1. The first-order valence-electron chi connectivity index (χ1n) is 9.52. The zero-order valence-electron chi connectivity index (χ0n) is 16.3. The van der Waals surface area contributed by atoms with Crippen molar-refractivity contribution in [3.8, 4) is 0 Å². The lowest BCUT2D eigenvalue weighted by Gasteiger charge is -2.29. The van der Waals surface area contributed by atoms with Gasteiger partial charge in [-0.25, -0.2) is 12.7 Å². The molecule has 0 aromatic rings. The maximum Gasteiger partial charge on any atom is 0.230 e. The molecule has 2 aliphatic rings. The molecule has 1 aliphatic heterocycles. The topological polar surface area (TPSA) is 94.1 Å². The lowest BCUT2D eigenvalue weighted by atomic mass is 9.85. The Morgan fingerprint density at radius 3 is 2.42 bits per heavy atom. The zero-order valence-corrected chi connectivity index (χ0v) is 17.1. The number of sulfonamides is 1. The van der Waals surface area contributed by atoms with Gasteiger partial charge in [0, 0.05) is 40.3 Å². The van der Waals surface area contributed by atoms with Crippen LogP contribution in [0.4, 0.5) is 0 Å². The Labute approximate surface area is 157 Å². The van der Waals surface area contributed by atoms with Gasteiger partial charge in [-0.3, -0.25) is 9.79 Å². The summed E-state index contributed by atoms with van der Waals surface area (Å²) in [7, 11) is 0.525. The second-order valence-corrected chi connectivity index (χ2v) is 9.47. The van der Waals surface area contributed by atoms with Crippen LogP contribution in [0.2, 0.25) is 0 Å². The number of guanidine groups is 1. The molecule has 2 rings (SSSR count). The van der Waals surface area contributed by atoms with Crippen LogP contribution in [0.25, 0.3) is 0 Å². The van der Waals surface area contributed by atoms with E-state index in [1.807, 2.05) is 6.92 Å². The van der Waals surface area contributed by atoms with Crippen LogP contribution in [0.3, 0.4) is 0 Å². The van der Waals surface area contributed by atoms with E-state index in [1.54, 1.807) is 19.0 Å². The highest BCUT2D eigenvalue weighted by Crippen LogP contribution is 2.39. The number of hydrogen-bond acceptors (Lipinski definition) is 4. The van der Waals surface area contributed by atoms with E-state index < -0.39 is 15.4 Å². The third-order valence-electron chi connectivity index (χ3n) is 5.16. The molecular formula is C17H33N5O3S. The van der Waals surface area contributed by atoms with Crippen molar-refractivity contribution in [3.05, 3.63) is 0 Å². The molecule has 0 atom stereocenters. The van der Waals surface area contributed by atoms with E-state index in [4.69, 9.17) is 0 Å². The van der Waals surface area contributed by atoms with E-state index in [0.717, 1.165) is 25.7 Å². The van der Waals surface area contributed by atoms with Gasteiger partial charge in [-0.2, -0.15) is 0 Å². The minimum Gasteiger partial charge on any atom is -0.357 e. The third-order valence-corrected chi connectivity index (χ3v) is 7.12. The number of nitrogens with one attached hydrogen (secondary N) is 2. The molecule has 0 unspecified atom stereocenters. The molecule has 1 heterocycles. The average Bonchev–Trinajstić information content (AvgIpc) is 3.19. The standard InChI is InChI=1S/C17H33N5O3S/c1-4-18-16(19-10-12-22-11-7-13-26(22,24)25)20-14-17(8-5-6-9-17)15(23)21(2)3/h4-14H2,1-3H3,(H2,18,19,20). The molecule has 1 saturated carbocycles. The summed E-state index contributed by atoms with van der Waals surface area (Å²) in [5.74, 6) is 1.04. The van der Waals surface area contributed by atoms with E-state index in [1.165, 1.54) is 4.31 Å². The van der Waals surface area contributed by atoms with Crippen molar-refractivity contribution in [1.29, 1.82) is 0 Å². The molecule has 9 heteroatoms. The predicted molar refractivity (Wildman–Crippen MR) is 104 cm³/mol. The fourth-order valence-electron chi connectivity index (χ4n) is 3.78. The highest BCUT2D eigenvalue weighted by Gasteiger charge is 2.42. The lowest BCUT2D eigenvalue weighted by Crippen LogP contribution is -2.44. The summed E-state index contributed by atoms with van der Waals surface area (Å²) in [6, 6.07) is 0. The minimum atomic E-state index is -3.07. The van der Waals surface area contributed by atoms with E-state index in [9.17, 15) is 13.2 Å². The largest absolute Gasteiger partial charge is 0.357 e. The van der Waals surface area contributed by atoms with Crippen molar-refractivity contribution in [2.45, 2.75) is 39.0 Å². The lowest BCUT2D eigenvalue weighted by molar-refractivity contribution is -0.138. The van der Waals surface area contributed by atoms with Crippen molar-refractivity contribution in [2.75, 3.05) is 52.6 Å². The summed E-state index contributed by atoms with van der Waals surface area (Å²) < 4.78 is 25.2. The Morgan fingerprint density at radius 1 is 1.19 bits per heavy atom. The Morgan fingerprint density at radius 2 is 1.88 bits per heavy atom. The predicted octanol–water partition coefficient (Wildman–Crippen LogP) is 0.226. The van der Waals surface area contributed by atoms with Gasteiger partial charge < -0.3 is 15.5 Å². The van der Waals surface area contributed by atoms with Gasteiger partial charge in [-0.05, 0) is 26.2 Å². The maximum absolute atomic E-state index is 12.6. The first kappa shape index (κ1) is 21.0. The third kappa shape index (κ3) is 5.09. The molecule has 0 aromatic heterocycles. The monoisotopic (exact) mass is 387 g/mol. The van der Waals surface area contributed by atoms with Crippen LogP contribution in [0.5, 0.6) is 0 Å². The number of nitrogens with zero attached hydrogens (tertiary/aromatic N) is 3. The maximum atomic E-state index is 12.6. The molecule has 0 bridgehead atoms. The quantitative estimate of drug-likeness (QED) is 0.482. The van der Waals surface area contributed by atoms with Gasteiger partial charge in [-0.15, -0.1) is 0 Å². The molecule has 0 spiro atoms. The smallest absolute Gasteiger partial charge is 0.230 e. The van der Waals surface area contributed by atoms with Gasteiger partial charge in [0.25, 0.3) is 0 Å². The summed E-state index contributed by atoms with van der Waals surface area (Å²) in [5, 5.41) is 6.39. The first-order chi connectivity index (χ1) is 12.3. The number of carbonyl (C=O) groups excluding carboxylic acids is 1. The Bertz CT molecular complexity index is 612. The molecule has 1 amide bonds. The molecule has 150 valence electrons. The number of aliphatic imine (C=N–C) groups is 1. The van der Waals surface area contributed by atoms with Crippen LogP contribution in [-0.2, 0) is 14.8 Å². The van der Waals surface area contributed by atoms with E-state index >= 15 is 0 Å². The van der Waals surface area contributed by atoms with E-state index in [2.05, 4.69) is 15.6 Å². The van der Waals surface area contributed by atoms with Crippen LogP contribution in [0.1, 0.15) is 39.0 Å². The summed E-state index contributed by atoms with van der Waals surface area (Å²) in [5.41, 5.74) is -0.399. The average molecular weight is 388 g/mol. The fraction of sp³-hybridized carbons (Fsp3) is 0.882. The molecule has 0 aromatic carbocycles. The van der Waals surface area contributed by atoms with Gasteiger partial charge in [0.2, 0.25) is 15.9 Å². The van der Waals surface area contributed by atoms with Crippen molar-refractivity contribution in [2.24, 2.45) is 10.4 Å². The summed E-state index contributed by atoms with van der Waals surface area (Å²) in [4.78, 5) is 19.0. The SMILES string of the molecule is CCNC(=NCC1(C(=O)N(C)C)CCCC1)NCCN1CCCS1(=O)=O. The Balaban J connectivity index is 1.95.